The van der Waals surface area contributed by atoms with Crippen molar-refractivity contribution in [2.75, 3.05) is 0 Å². The summed E-state index contributed by atoms with van der Waals surface area (Å²) in [5.41, 5.74) is 5.82. The number of aliphatic carboxylic acids is 1. The number of fused-ring (bicyclic) bond motifs is 2. The highest BCUT2D eigenvalue weighted by Gasteiger charge is 2.38. The second-order valence-corrected chi connectivity index (χ2v) is 8.02. The predicted molar refractivity (Wildman–Crippen MR) is 129 cm³/mol. The van der Waals surface area contributed by atoms with Crippen molar-refractivity contribution in [3.63, 3.8) is 0 Å². The predicted octanol–water partition coefficient (Wildman–Crippen LogP) is 6.03. The van der Waals surface area contributed by atoms with Gasteiger partial charge < -0.3 is 9.84 Å². The first-order valence-electron chi connectivity index (χ1n) is 10.9. The van der Waals surface area contributed by atoms with E-state index in [1.807, 2.05) is 91.6 Å². The summed E-state index contributed by atoms with van der Waals surface area (Å²) in [6, 6.07) is 20.2. The first-order valence-corrected chi connectivity index (χ1v) is 10.9. The van der Waals surface area contributed by atoms with Gasteiger partial charge in [0.1, 0.15) is 17.7 Å². The number of halogens is 3. The number of para-hydroxylation sites is 1. The molecule has 0 radical (unpaired) electrons. The molecule has 0 bridgehead atoms. The number of hydrogen-bond acceptors (Lipinski definition) is 5. The maximum atomic E-state index is 10.6. The van der Waals surface area contributed by atoms with Crippen LogP contribution in [0.4, 0.5) is 13.2 Å². The van der Waals surface area contributed by atoms with Gasteiger partial charge in [-0.05, 0) is 50.2 Å². The third-order valence-electron chi connectivity index (χ3n) is 5.09. The van der Waals surface area contributed by atoms with Crippen molar-refractivity contribution in [3.8, 4) is 28.3 Å². The van der Waals surface area contributed by atoms with Crippen LogP contribution in [0.15, 0.2) is 79.4 Å². The molecule has 184 valence electrons. The molecule has 7 nitrogen and oxygen atoms in total. The number of pyridine rings is 1. The molecule has 5 rings (SSSR count). The Bertz CT molecular complexity index is 1510. The van der Waals surface area contributed by atoms with Crippen molar-refractivity contribution in [1.82, 2.24) is 19.4 Å². The highest BCUT2D eigenvalue weighted by molar-refractivity contribution is 5.93. The van der Waals surface area contributed by atoms with Gasteiger partial charge in [0.2, 0.25) is 0 Å². The smallest absolute Gasteiger partial charge is 0.490 e. The van der Waals surface area contributed by atoms with Gasteiger partial charge in [-0.3, -0.25) is 9.38 Å². The summed E-state index contributed by atoms with van der Waals surface area (Å²) >= 11 is 0. The van der Waals surface area contributed by atoms with Gasteiger partial charge in [-0.15, -0.1) is 0 Å². The molecule has 2 aromatic carbocycles. The molecule has 0 atom stereocenters. The average Bonchev–Trinajstić information content (AvgIpc) is 3.27. The van der Waals surface area contributed by atoms with Crippen LogP contribution in [0.25, 0.3) is 39.1 Å². The molecule has 10 heteroatoms. The number of ether oxygens (including phenoxy) is 1. The van der Waals surface area contributed by atoms with E-state index >= 15 is 0 Å². The summed E-state index contributed by atoms with van der Waals surface area (Å²) in [6.07, 6.45) is 0.630. The number of nitrogens with zero attached hydrogens (tertiary/aromatic N) is 4. The Balaban J connectivity index is 0.000000384. The van der Waals surface area contributed by atoms with Crippen LogP contribution in [0.1, 0.15) is 13.8 Å². The fourth-order valence-electron chi connectivity index (χ4n) is 3.54. The monoisotopic (exact) mass is 494 g/mol. The second-order valence-electron chi connectivity index (χ2n) is 8.02. The van der Waals surface area contributed by atoms with Crippen molar-refractivity contribution in [3.05, 3.63) is 79.4 Å². The fraction of sp³-hybridized carbons (Fsp3) is 0.154. The normalized spacial score (nSPS) is 11.4. The van der Waals surface area contributed by atoms with Gasteiger partial charge in [0.05, 0.1) is 29.2 Å². The van der Waals surface area contributed by atoms with Gasteiger partial charge in [0.15, 0.2) is 0 Å². The van der Waals surface area contributed by atoms with Crippen molar-refractivity contribution in [2.45, 2.75) is 26.1 Å². The third-order valence-corrected chi connectivity index (χ3v) is 5.09. The van der Waals surface area contributed by atoms with Gasteiger partial charge in [-0.25, -0.2) is 14.8 Å². The second kappa shape index (κ2) is 10.0. The molecule has 0 fully saturated rings. The number of rotatable bonds is 4. The van der Waals surface area contributed by atoms with Crippen LogP contribution >= 0.6 is 0 Å². The summed E-state index contributed by atoms with van der Waals surface area (Å²) in [4.78, 5) is 22.6. The number of alkyl halides is 3. The maximum absolute atomic E-state index is 10.6. The van der Waals surface area contributed by atoms with Crippen LogP contribution in [0.3, 0.4) is 0 Å². The molecule has 0 spiro atoms. The molecule has 0 saturated heterocycles. The SMILES string of the molecule is CC(C)Oc1ccc(-c2cc3ncc(-c4ccnc5ccccc45)n3cn2)cc1.O=C(O)C(F)(F)F. The lowest BCUT2D eigenvalue weighted by Crippen LogP contribution is -2.21. The van der Waals surface area contributed by atoms with Crippen LogP contribution in [0.5, 0.6) is 5.75 Å². The maximum Gasteiger partial charge on any atom is 0.490 e. The standard InChI is InChI=1S/C24H20N4O.C2HF3O2/c1-16(2)29-18-9-7-17(8-10-18)22-13-24-26-14-23(28(24)15-27-22)20-11-12-25-21-6-4-3-5-19(20)21;3-2(4,5)1(6)7/h3-16H,1-2H3;(H,6,7). The Labute approximate surface area is 203 Å². The molecule has 0 unspecified atom stereocenters. The quantitative estimate of drug-likeness (QED) is 0.328. The lowest BCUT2D eigenvalue weighted by Gasteiger charge is -2.10. The molecular weight excluding hydrogens is 473 g/mol. The van der Waals surface area contributed by atoms with Gasteiger partial charge in [-0.1, -0.05) is 18.2 Å². The van der Waals surface area contributed by atoms with E-state index < -0.39 is 12.1 Å². The fourth-order valence-corrected chi connectivity index (χ4v) is 3.54. The summed E-state index contributed by atoms with van der Waals surface area (Å²) in [5, 5.41) is 8.22. The van der Waals surface area contributed by atoms with Crippen molar-refractivity contribution in [2.24, 2.45) is 0 Å². The number of aromatic nitrogens is 4. The Kier molecular flexibility index (Phi) is 6.86. The van der Waals surface area contributed by atoms with Crippen LogP contribution in [0, 0.1) is 0 Å². The van der Waals surface area contributed by atoms with Crippen LogP contribution < -0.4 is 4.74 Å². The molecule has 5 aromatic rings. The van der Waals surface area contributed by atoms with E-state index in [1.54, 1.807) is 0 Å². The van der Waals surface area contributed by atoms with Crippen LogP contribution in [0.2, 0.25) is 0 Å². The van der Waals surface area contributed by atoms with E-state index in [-0.39, 0.29) is 6.10 Å². The average molecular weight is 494 g/mol. The van der Waals surface area contributed by atoms with Gasteiger partial charge in [0, 0.05) is 28.8 Å². The highest BCUT2D eigenvalue weighted by Crippen LogP contribution is 2.29. The zero-order chi connectivity index (χ0) is 25.9. The van der Waals surface area contributed by atoms with E-state index in [0.717, 1.165) is 44.8 Å². The Morgan fingerprint density at radius 1 is 1.00 bits per heavy atom. The van der Waals surface area contributed by atoms with Gasteiger partial charge >= 0.3 is 12.1 Å². The van der Waals surface area contributed by atoms with E-state index in [2.05, 4.69) is 21.0 Å². The third kappa shape index (κ3) is 5.43. The number of carboxylic acids is 1. The number of carbonyl (C=O) groups is 1. The van der Waals surface area contributed by atoms with Gasteiger partial charge in [-0.2, -0.15) is 13.2 Å². The van der Waals surface area contributed by atoms with Crippen LogP contribution in [-0.4, -0.2) is 42.7 Å². The minimum atomic E-state index is -5.08. The summed E-state index contributed by atoms with van der Waals surface area (Å²) in [6.45, 7) is 4.04. The lowest BCUT2D eigenvalue weighted by atomic mass is 10.1. The van der Waals surface area contributed by atoms with E-state index in [0.29, 0.717) is 0 Å². The molecule has 1 N–H and O–H groups in total. The summed E-state index contributed by atoms with van der Waals surface area (Å²) in [7, 11) is 0. The molecule has 3 heterocycles. The van der Waals surface area contributed by atoms with Crippen molar-refractivity contribution >= 4 is 22.5 Å². The molecular formula is C26H21F3N4O3. The Morgan fingerprint density at radius 2 is 1.69 bits per heavy atom. The number of carboxylic acid groups (broad SMARTS) is 1. The number of hydrogen-bond donors (Lipinski definition) is 1. The first kappa shape index (κ1) is 24.6. The molecule has 36 heavy (non-hydrogen) atoms. The van der Waals surface area contributed by atoms with E-state index in [9.17, 15) is 13.2 Å². The van der Waals surface area contributed by atoms with E-state index in [4.69, 9.17) is 14.6 Å². The lowest BCUT2D eigenvalue weighted by molar-refractivity contribution is -0.192. The minimum absolute atomic E-state index is 0.155. The Hall–Kier alpha value is -4.47. The molecule has 0 aliphatic carbocycles. The molecule has 0 saturated carbocycles. The zero-order valence-electron chi connectivity index (χ0n) is 19.3. The van der Waals surface area contributed by atoms with Crippen LogP contribution in [-0.2, 0) is 4.79 Å². The first-order chi connectivity index (χ1) is 17.1. The zero-order valence-corrected chi connectivity index (χ0v) is 19.3. The molecule has 3 aromatic heterocycles. The van der Waals surface area contributed by atoms with Crippen molar-refractivity contribution in [1.29, 1.82) is 0 Å². The number of imidazole rings is 1. The highest BCUT2D eigenvalue weighted by atomic mass is 19.4. The number of benzene rings is 2. The van der Waals surface area contributed by atoms with Gasteiger partial charge in [0.25, 0.3) is 0 Å². The van der Waals surface area contributed by atoms with E-state index in [1.165, 1.54) is 0 Å². The summed E-state index contributed by atoms with van der Waals surface area (Å²) in [5.74, 6) is -1.90. The van der Waals surface area contributed by atoms with Crippen molar-refractivity contribution < 1.29 is 27.8 Å². The molecule has 0 aliphatic rings. The molecule has 0 amide bonds. The minimum Gasteiger partial charge on any atom is -0.491 e. The largest absolute Gasteiger partial charge is 0.491 e. The molecule has 0 aliphatic heterocycles. The Morgan fingerprint density at radius 3 is 2.36 bits per heavy atom. The topological polar surface area (TPSA) is 89.6 Å². The summed E-state index contributed by atoms with van der Waals surface area (Å²) < 4.78 is 39.5.